The Morgan fingerprint density at radius 1 is 0.805 bits per heavy atom. The molecule has 1 fully saturated rings. The number of ether oxygens (including phenoxy) is 3. The lowest BCUT2D eigenvalue weighted by atomic mass is 9.87. The largest absolute Gasteiger partial charge is 0.493 e. The number of nitrogens with zero attached hydrogens (tertiary/aromatic N) is 2. The van der Waals surface area contributed by atoms with Gasteiger partial charge in [0.1, 0.15) is 11.5 Å². The third-order valence-electron chi connectivity index (χ3n) is 7.68. The number of benzene rings is 3. The molecule has 0 saturated carbocycles. The van der Waals surface area contributed by atoms with Crippen LogP contribution in [0.25, 0.3) is 10.9 Å². The summed E-state index contributed by atoms with van der Waals surface area (Å²) in [7, 11) is 1.67. The molecule has 5 rings (SSSR count). The Balaban J connectivity index is 1.22. The number of pyridine rings is 1. The summed E-state index contributed by atoms with van der Waals surface area (Å²) >= 11 is 0. The molecular weight excluding hydrogens is 510 g/mol. The van der Waals surface area contributed by atoms with Crippen LogP contribution in [0.1, 0.15) is 58.4 Å². The first-order valence-electron chi connectivity index (χ1n) is 14.9. The van der Waals surface area contributed by atoms with E-state index in [1.165, 1.54) is 44.3 Å². The van der Waals surface area contributed by atoms with Gasteiger partial charge >= 0.3 is 0 Å². The molecule has 216 valence electrons. The molecule has 1 aliphatic rings. The molecule has 0 bridgehead atoms. The van der Waals surface area contributed by atoms with Gasteiger partial charge in [-0.2, -0.15) is 0 Å². The van der Waals surface area contributed by atoms with Gasteiger partial charge in [0.05, 0.1) is 19.2 Å². The number of aromatic nitrogens is 1. The highest BCUT2D eigenvalue weighted by molar-refractivity contribution is 5.88. The summed E-state index contributed by atoms with van der Waals surface area (Å²) in [5.41, 5.74) is 4.32. The Kier molecular flexibility index (Phi) is 9.30. The van der Waals surface area contributed by atoms with Crippen molar-refractivity contribution in [2.75, 3.05) is 38.7 Å². The summed E-state index contributed by atoms with van der Waals surface area (Å²) in [4.78, 5) is 7.14. The van der Waals surface area contributed by atoms with Gasteiger partial charge in [-0.05, 0) is 91.9 Å². The quantitative estimate of drug-likeness (QED) is 0.198. The van der Waals surface area contributed by atoms with Gasteiger partial charge in [-0.25, -0.2) is 0 Å². The first-order chi connectivity index (χ1) is 19.9. The Labute approximate surface area is 244 Å². The Bertz CT molecular complexity index is 1400. The van der Waals surface area contributed by atoms with Crippen LogP contribution in [0.4, 0.5) is 11.4 Å². The SMILES string of the molecule is COc1cc2c(Oc3ccc(Nc4ccc(C(C)(C)C)cc4)cc3)ccnc2cc1OCCCN1CCCCCC1. The Morgan fingerprint density at radius 3 is 2.15 bits per heavy atom. The molecule has 1 N–H and O–H groups in total. The van der Waals surface area contributed by atoms with E-state index in [1.54, 1.807) is 13.3 Å². The lowest BCUT2D eigenvalue weighted by Crippen LogP contribution is -2.26. The van der Waals surface area contributed by atoms with Crippen molar-refractivity contribution in [3.8, 4) is 23.0 Å². The Morgan fingerprint density at radius 2 is 1.49 bits per heavy atom. The minimum Gasteiger partial charge on any atom is -0.493 e. The molecule has 0 unspecified atom stereocenters. The first-order valence-corrected chi connectivity index (χ1v) is 14.9. The fourth-order valence-corrected chi connectivity index (χ4v) is 5.27. The van der Waals surface area contributed by atoms with E-state index >= 15 is 0 Å². The molecule has 41 heavy (non-hydrogen) atoms. The average molecular weight is 554 g/mol. The van der Waals surface area contributed by atoms with E-state index in [0.29, 0.717) is 18.1 Å². The third-order valence-corrected chi connectivity index (χ3v) is 7.68. The highest BCUT2D eigenvalue weighted by Gasteiger charge is 2.14. The summed E-state index contributed by atoms with van der Waals surface area (Å²) in [5, 5.41) is 4.35. The van der Waals surface area contributed by atoms with E-state index in [1.807, 2.05) is 42.5 Å². The molecule has 0 spiro atoms. The van der Waals surface area contributed by atoms with Crippen molar-refractivity contribution in [1.82, 2.24) is 9.88 Å². The minimum absolute atomic E-state index is 0.138. The predicted molar refractivity (Wildman–Crippen MR) is 168 cm³/mol. The number of methoxy groups -OCH3 is 1. The lowest BCUT2D eigenvalue weighted by Gasteiger charge is -2.20. The molecule has 0 amide bonds. The number of hydrogen-bond acceptors (Lipinski definition) is 6. The van der Waals surface area contributed by atoms with Gasteiger partial charge in [-0.3, -0.25) is 4.98 Å². The lowest BCUT2D eigenvalue weighted by molar-refractivity contribution is 0.235. The van der Waals surface area contributed by atoms with Crippen LogP contribution < -0.4 is 19.5 Å². The van der Waals surface area contributed by atoms with Crippen molar-refractivity contribution in [2.45, 2.75) is 58.3 Å². The van der Waals surface area contributed by atoms with Crippen LogP contribution in [-0.4, -0.2) is 43.2 Å². The second-order valence-electron chi connectivity index (χ2n) is 11.9. The molecular formula is C35H43N3O3. The van der Waals surface area contributed by atoms with Crippen molar-refractivity contribution in [2.24, 2.45) is 0 Å². The van der Waals surface area contributed by atoms with Gasteiger partial charge in [0.15, 0.2) is 11.5 Å². The van der Waals surface area contributed by atoms with Gasteiger partial charge in [0.25, 0.3) is 0 Å². The molecule has 2 heterocycles. The minimum atomic E-state index is 0.138. The zero-order valence-electron chi connectivity index (χ0n) is 24.9. The topological polar surface area (TPSA) is 55.9 Å². The molecule has 0 atom stereocenters. The monoisotopic (exact) mass is 553 g/mol. The van der Waals surface area contributed by atoms with Crippen molar-refractivity contribution in [1.29, 1.82) is 0 Å². The maximum absolute atomic E-state index is 6.30. The summed E-state index contributed by atoms with van der Waals surface area (Å²) in [6.07, 6.45) is 8.09. The van der Waals surface area contributed by atoms with Crippen molar-refractivity contribution < 1.29 is 14.2 Å². The van der Waals surface area contributed by atoms with E-state index in [4.69, 9.17) is 14.2 Å². The van der Waals surface area contributed by atoms with Gasteiger partial charge in [-0.15, -0.1) is 0 Å². The normalized spacial score (nSPS) is 14.4. The molecule has 6 nitrogen and oxygen atoms in total. The van der Waals surface area contributed by atoms with E-state index in [9.17, 15) is 0 Å². The van der Waals surface area contributed by atoms with Crippen LogP contribution in [0.15, 0.2) is 72.9 Å². The van der Waals surface area contributed by atoms with E-state index in [2.05, 4.69) is 60.2 Å². The maximum atomic E-state index is 6.30. The van der Waals surface area contributed by atoms with E-state index < -0.39 is 0 Å². The number of likely N-dealkylation sites (tertiary alicyclic amines) is 1. The number of rotatable bonds is 10. The molecule has 1 saturated heterocycles. The van der Waals surface area contributed by atoms with E-state index in [0.717, 1.165) is 46.7 Å². The summed E-state index contributed by atoms with van der Waals surface area (Å²) < 4.78 is 18.2. The smallest absolute Gasteiger partial charge is 0.163 e. The van der Waals surface area contributed by atoms with Crippen LogP contribution >= 0.6 is 0 Å². The maximum Gasteiger partial charge on any atom is 0.163 e. The molecule has 4 aromatic rings. The van der Waals surface area contributed by atoms with Gasteiger partial charge in [0, 0.05) is 35.6 Å². The van der Waals surface area contributed by atoms with Crippen LogP contribution in [0.2, 0.25) is 0 Å². The van der Waals surface area contributed by atoms with Crippen molar-refractivity contribution >= 4 is 22.3 Å². The second-order valence-corrected chi connectivity index (χ2v) is 11.9. The zero-order valence-corrected chi connectivity index (χ0v) is 24.9. The van der Waals surface area contributed by atoms with Crippen molar-refractivity contribution in [3.05, 3.63) is 78.5 Å². The van der Waals surface area contributed by atoms with Crippen molar-refractivity contribution in [3.63, 3.8) is 0 Å². The number of nitrogens with one attached hydrogen (secondary N) is 1. The van der Waals surface area contributed by atoms with Crippen LogP contribution in [0, 0.1) is 0 Å². The average Bonchev–Trinajstić information content (AvgIpc) is 3.25. The Hall–Kier alpha value is -3.77. The molecule has 6 heteroatoms. The second kappa shape index (κ2) is 13.3. The van der Waals surface area contributed by atoms with Gasteiger partial charge in [-0.1, -0.05) is 45.7 Å². The molecule has 0 aliphatic carbocycles. The standard InChI is InChI=1S/C35H43N3O3/c1-35(2,3)26-10-12-27(13-11-26)37-28-14-16-29(17-15-28)41-32-18-19-36-31-25-34(33(39-4)24-30(31)32)40-23-9-22-38-20-7-5-6-8-21-38/h10-19,24-25,37H,5-9,20-23H2,1-4H3. The summed E-state index contributed by atoms with van der Waals surface area (Å²) in [6, 6.07) is 22.4. The molecule has 1 aromatic heterocycles. The van der Waals surface area contributed by atoms with Gasteiger partial charge < -0.3 is 24.4 Å². The molecule has 3 aromatic carbocycles. The van der Waals surface area contributed by atoms with Gasteiger partial charge in [0.2, 0.25) is 0 Å². The highest BCUT2D eigenvalue weighted by atomic mass is 16.5. The fraction of sp³-hybridized carbons (Fsp3) is 0.400. The molecule has 0 radical (unpaired) electrons. The van der Waals surface area contributed by atoms with Crippen LogP contribution in [0.5, 0.6) is 23.0 Å². The predicted octanol–water partition coefficient (Wildman–Crippen LogP) is 8.72. The summed E-state index contributed by atoms with van der Waals surface area (Å²) in [6.45, 7) is 10.8. The highest BCUT2D eigenvalue weighted by Crippen LogP contribution is 2.37. The summed E-state index contributed by atoms with van der Waals surface area (Å²) in [5.74, 6) is 2.87. The van der Waals surface area contributed by atoms with Crippen LogP contribution in [0.3, 0.4) is 0 Å². The number of anilines is 2. The number of fused-ring (bicyclic) bond motifs is 1. The zero-order chi connectivity index (χ0) is 28.7. The molecule has 1 aliphatic heterocycles. The first kappa shape index (κ1) is 28.7. The van der Waals surface area contributed by atoms with Crippen LogP contribution in [-0.2, 0) is 5.41 Å². The number of hydrogen-bond donors (Lipinski definition) is 1. The van der Waals surface area contributed by atoms with E-state index in [-0.39, 0.29) is 5.41 Å². The third kappa shape index (κ3) is 7.70. The fourth-order valence-electron chi connectivity index (χ4n) is 5.27.